The lowest BCUT2D eigenvalue weighted by Crippen LogP contribution is -2.22. The van der Waals surface area contributed by atoms with Crippen molar-refractivity contribution in [1.82, 2.24) is 4.90 Å². The number of hydrogen-bond donors (Lipinski definition) is 0. The van der Waals surface area contributed by atoms with E-state index in [2.05, 4.69) is 4.99 Å². The van der Waals surface area contributed by atoms with Crippen LogP contribution < -0.4 is 0 Å². The lowest BCUT2D eigenvalue weighted by atomic mass is 10.5. The van der Waals surface area contributed by atoms with Crippen LogP contribution in [0, 0.1) is 0 Å². The summed E-state index contributed by atoms with van der Waals surface area (Å²) in [7, 11) is 1.83. The minimum absolute atomic E-state index is 0.345. The average Bonchev–Trinajstić information content (AvgIpc) is 1.80. The van der Waals surface area contributed by atoms with Crippen LogP contribution >= 0.6 is 23.2 Å². The molecule has 1 unspecified atom stereocenters. The Morgan fingerprint density at radius 2 is 2.44 bits per heavy atom. The van der Waals surface area contributed by atoms with Crippen molar-refractivity contribution in [3.63, 3.8) is 0 Å². The molecule has 1 aliphatic rings. The van der Waals surface area contributed by atoms with Crippen molar-refractivity contribution in [2.45, 2.75) is 5.62 Å². The predicted molar refractivity (Wildman–Crippen MR) is 39.8 cm³/mol. The molecule has 1 rings (SSSR count). The van der Waals surface area contributed by atoms with E-state index in [-0.39, 0.29) is 5.62 Å². The summed E-state index contributed by atoms with van der Waals surface area (Å²) < 4.78 is 0. The molecule has 0 saturated heterocycles. The van der Waals surface area contributed by atoms with Gasteiger partial charge in [-0.2, -0.15) is 0 Å². The molecule has 2 nitrogen and oxygen atoms in total. The SMILES string of the molecule is CN1C=CC(Cl)=NC1Cl. The second kappa shape index (κ2) is 2.58. The lowest BCUT2D eigenvalue weighted by Gasteiger charge is -2.19. The number of rotatable bonds is 0. The van der Waals surface area contributed by atoms with Gasteiger partial charge in [-0.1, -0.05) is 23.2 Å². The molecule has 0 radical (unpaired) electrons. The van der Waals surface area contributed by atoms with Crippen LogP contribution in [0.5, 0.6) is 0 Å². The van der Waals surface area contributed by atoms with Crippen molar-refractivity contribution < 1.29 is 0 Å². The van der Waals surface area contributed by atoms with E-state index in [1.54, 1.807) is 17.2 Å². The Hall–Kier alpha value is -0.210. The normalized spacial score (nSPS) is 26.3. The van der Waals surface area contributed by atoms with Gasteiger partial charge < -0.3 is 4.90 Å². The van der Waals surface area contributed by atoms with Crippen LogP contribution in [0.2, 0.25) is 0 Å². The summed E-state index contributed by atoms with van der Waals surface area (Å²) >= 11 is 11.2. The molecular weight excluding hydrogens is 159 g/mol. The molecular formula is C5H6Cl2N2. The lowest BCUT2D eigenvalue weighted by molar-refractivity contribution is 0.427. The summed E-state index contributed by atoms with van der Waals surface area (Å²) in [4.78, 5) is 5.61. The molecule has 0 bridgehead atoms. The van der Waals surface area contributed by atoms with Gasteiger partial charge in [0.25, 0.3) is 0 Å². The molecule has 0 amide bonds. The Balaban J connectivity index is 2.70. The molecule has 50 valence electrons. The third-order valence-electron chi connectivity index (χ3n) is 1.01. The number of aliphatic imine (C=N–C) groups is 1. The van der Waals surface area contributed by atoms with E-state index < -0.39 is 0 Å². The van der Waals surface area contributed by atoms with Crippen LogP contribution in [0.15, 0.2) is 17.3 Å². The zero-order valence-electron chi connectivity index (χ0n) is 4.88. The summed E-state index contributed by atoms with van der Waals surface area (Å²) in [6, 6.07) is 0. The summed E-state index contributed by atoms with van der Waals surface area (Å²) in [6.07, 6.45) is 3.48. The molecule has 0 fully saturated rings. The second-order valence-electron chi connectivity index (χ2n) is 1.74. The van der Waals surface area contributed by atoms with Gasteiger partial charge in [0.15, 0.2) is 5.62 Å². The molecule has 0 spiro atoms. The molecule has 1 atom stereocenters. The quantitative estimate of drug-likeness (QED) is 0.393. The fraction of sp³-hybridized carbons (Fsp3) is 0.400. The Morgan fingerprint density at radius 1 is 1.78 bits per heavy atom. The van der Waals surface area contributed by atoms with E-state index in [4.69, 9.17) is 23.2 Å². The maximum absolute atomic E-state index is 5.66. The molecule has 0 aromatic carbocycles. The zero-order chi connectivity index (χ0) is 6.85. The van der Waals surface area contributed by atoms with Crippen LogP contribution in [-0.4, -0.2) is 22.7 Å². The Morgan fingerprint density at radius 3 is 2.89 bits per heavy atom. The molecule has 0 aliphatic carbocycles. The summed E-state index contributed by atoms with van der Waals surface area (Å²) in [5.74, 6) is 0. The monoisotopic (exact) mass is 164 g/mol. The maximum Gasteiger partial charge on any atom is 0.198 e. The van der Waals surface area contributed by atoms with E-state index >= 15 is 0 Å². The van der Waals surface area contributed by atoms with Crippen LogP contribution in [0.25, 0.3) is 0 Å². The number of alkyl halides is 1. The smallest absolute Gasteiger partial charge is 0.198 e. The van der Waals surface area contributed by atoms with Crippen molar-refractivity contribution in [1.29, 1.82) is 0 Å². The van der Waals surface area contributed by atoms with Gasteiger partial charge in [0.05, 0.1) is 0 Å². The molecule has 0 aromatic rings. The van der Waals surface area contributed by atoms with Gasteiger partial charge in [0.1, 0.15) is 5.17 Å². The third-order valence-corrected chi connectivity index (χ3v) is 1.64. The number of hydrogen-bond acceptors (Lipinski definition) is 2. The number of halogens is 2. The van der Waals surface area contributed by atoms with Gasteiger partial charge in [-0.15, -0.1) is 0 Å². The van der Waals surface area contributed by atoms with Gasteiger partial charge >= 0.3 is 0 Å². The van der Waals surface area contributed by atoms with Crippen molar-refractivity contribution in [2.24, 2.45) is 4.99 Å². The summed E-state index contributed by atoms with van der Waals surface area (Å²) in [6.45, 7) is 0. The highest BCUT2D eigenvalue weighted by Gasteiger charge is 2.09. The number of nitrogens with zero attached hydrogens (tertiary/aromatic N) is 2. The number of allylic oxidation sites excluding steroid dienone is 1. The van der Waals surface area contributed by atoms with E-state index in [0.29, 0.717) is 5.17 Å². The molecule has 4 heteroatoms. The van der Waals surface area contributed by atoms with Crippen molar-refractivity contribution >= 4 is 28.4 Å². The molecule has 0 N–H and O–H groups in total. The van der Waals surface area contributed by atoms with Gasteiger partial charge in [0, 0.05) is 13.2 Å². The van der Waals surface area contributed by atoms with E-state index in [9.17, 15) is 0 Å². The van der Waals surface area contributed by atoms with E-state index in [0.717, 1.165) is 0 Å². The van der Waals surface area contributed by atoms with Crippen molar-refractivity contribution in [3.05, 3.63) is 12.3 Å². The standard InChI is InChI=1S/C5H6Cl2N2/c1-9-3-2-4(6)8-5(9)7/h2-3,5H,1H3. The van der Waals surface area contributed by atoms with Crippen LogP contribution in [0.3, 0.4) is 0 Å². The molecule has 0 aromatic heterocycles. The first kappa shape index (κ1) is 6.90. The molecule has 9 heavy (non-hydrogen) atoms. The van der Waals surface area contributed by atoms with Crippen molar-refractivity contribution in [2.75, 3.05) is 7.05 Å². The highest BCUT2D eigenvalue weighted by Crippen LogP contribution is 2.10. The maximum atomic E-state index is 5.66. The fourth-order valence-corrected chi connectivity index (χ4v) is 0.855. The molecule has 0 saturated carbocycles. The largest absolute Gasteiger partial charge is 0.347 e. The second-order valence-corrected chi connectivity index (χ2v) is 2.52. The Kier molecular flexibility index (Phi) is 1.98. The first-order valence-electron chi connectivity index (χ1n) is 2.47. The third kappa shape index (κ3) is 1.60. The van der Waals surface area contributed by atoms with E-state index in [1.807, 2.05) is 7.05 Å². The average molecular weight is 165 g/mol. The van der Waals surface area contributed by atoms with Gasteiger partial charge in [-0.3, -0.25) is 0 Å². The zero-order valence-corrected chi connectivity index (χ0v) is 6.39. The Labute approximate surface area is 63.8 Å². The van der Waals surface area contributed by atoms with Crippen LogP contribution in [-0.2, 0) is 0 Å². The van der Waals surface area contributed by atoms with Crippen LogP contribution in [0.4, 0.5) is 0 Å². The summed E-state index contributed by atoms with van der Waals surface area (Å²) in [5, 5.41) is 0.452. The first-order valence-corrected chi connectivity index (χ1v) is 3.29. The van der Waals surface area contributed by atoms with Gasteiger partial charge in [-0.05, 0) is 6.08 Å². The molecule has 1 aliphatic heterocycles. The predicted octanol–water partition coefficient (Wildman–Crippen LogP) is 1.61. The Bertz CT molecular complexity index is 164. The first-order chi connectivity index (χ1) is 4.20. The van der Waals surface area contributed by atoms with Crippen LogP contribution in [0.1, 0.15) is 0 Å². The van der Waals surface area contributed by atoms with Gasteiger partial charge in [-0.25, -0.2) is 4.99 Å². The van der Waals surface area contributed by atoms with Gasteiger partial charge in [0.2, 0.25) is 0 Å². The minimum atomic E-state index is -0.345. The van der Waals surface area contributed by atoms with E-state index in [1.165, 1.54) is 0 Å². The van der Waals surface area contributed by atoms with Crippen molar-refractivity contribution in [3.8, 4) is 0 Å². The minimum Gasteiger partial charge on any atom is -0.347 e. The summed E-state index contributed by atoms with van der Waals surface area (Å²) in [5.41, 5.74) is -0.345. The fourth-order valence-electron chi connectivity index (χ4n) is 0.486. The molecule has 1 heterocycles. The topological polar surface area (TPSA) is 15.6 Å². The highest BCUT2D eigenvalue weighted by molar-refractivity contribution is 6.68. The highest BCUT2D eigenvalue weighted by atomic mass is 35.5.